The van der Waals surface area contributed by atoms with Crippen molar-refractivity contribution in [3.05, 3.63) is 0 Å². The molecule has 1 aliphatic rings. The molecule has 0 bridgehead atoms. The monoisotopic (exact) mass is 137 g/mol. The molecule has 2 nitrogen and oxygen atoms in total. The number of hydrogen-bond acceptors (Lipinski definition) is 2. The Morgan fingerprint density at radius 2 is 2.22 bits per heavy atom. The molecule has 0 aromatic carbocycles. The van der Waals surface area contributed by atoms with E-state index in [2.05, 4.69) is 5.32 Å². The van der Waals surface area contributed by atoms with E-state index in [0.29, 0.717) is 0 Å². The fourth-order valence-electron chi connectivity index (χ4n) is 0.605. The highest BCUT2D eigenvalue weighted by atomic mass is 19.3. The lowest BCUT2D eigenvalue weighted by atomic mass is 10.5. The van der Waals surface area contributed by atoms with E-state index in [4.69, 9.17) is 4.74 Å². The summed E-state index contributed by atoms with van der Waals surface area (Å²) in [4.78, 5) is 0. The number of rotatable bonds is 3. The van der Waals surface area contributed by atoms with Crippen LogP contribution in [-0.2, 0) is 4.74 Å². The third-order valence-corrected chi connectivity index (χ3v) is 1.18. The van der Waals surface area contributed by atoms with Gasteiger partial charge in [0.15, 0.2) is 0 Å². The summed E-state index contributed by atoms with van der Waals surface area (Å²) < 4.78 is 27.7. The first-order chi connectivity index (χ1) is 4.20. The Labute approximate surface area is 52.2 Å². The van der Waals surface area contributed by atoms with Gasteiger partial charge in [-0.05, 0) is 6.92 Å². The largest absolute Gasteiger partial charge is 0.354 e. The van der Waals surface area contributed by atoms with Gasteiger partial charge in [0.05, 0.1) is 12.6 Å². The summed E-state index contributed by atoms with van der Waals surface area (Å²) in [5.74, 6) is 0. The highest BCUT2D eigenvalue weighted by Crippen LogP contribution is 2.17. The first-order valence-corrected chi connectivity index (χ1v) is 2.87. The van der Waals surface area contributed by atoms with Crippen LogP contribution in [0.25, 0.3) is 0 Å². The van der Waals surface area contributed by atoms with Gasteiger partial charge >= 0.3 is 0 Å². The molecule has 1 fully saturated rings. The fraction of sp³-hybridized carbons (Fsp3) is 1.00. The van der Waals surface area contributed by atoms with Crippen molar-refractivity contribution in [3.63, 3.8) is 0 Å². The standard InChI is InChI=1S/C5H9F2NO/c1-3-5(9-3)8-2-4(6)7/h3-5,8H,2H2,1H3. The van der Waals surface area contributed by atoms with Crippen molar-refractivity contribution in [1.29, 1.82) is 0 Å². The zero-order chi connectivity index (χ0) is 6.85. The first-order valence-electron chi connectivity index (χ1n) is 2.87. The minimum absolute atomic E-state index is 0.115. The predicted octanol–water partition coefficient (Wildman–Crippen LogP) is 0.586. The topological polar surface area (TPSA) is 24.6 Å². The van der Waals surface area contributed by atoms with Gasteiger partial charge in [0.2, 0.25) is 0 Å². The molecule has 2 atom stereocenters. The van der Waals surface area contributed by atoms with Crippen LogP contribution in [0.5, 0.6) is 0 Å². The van der Waals surface area contributed by atoms with Crippen molar-refractivity contribution in [2.75, 3.05) is 6.54 Å². The lowest BCUT2D eigenvalue weighted by Gasteiger charge is -1.96. The van der Waals surface area contributed by atoms with E-state index in [0.717, 1.165) is 0 Å². The molecule has 1 N–H and O–H groups in total. The zero-order valence-corrected chi connectivity index (χ0v) is 5.10. The van der Waals surface area contributed by atoms with Crippen molar-refractivity contribution >= 4 is 0 Å². The number of ether oxygens (including phenoxy) is 1. The quantitative estimate of drug-likeness (QED) is 0.575. The van der Waals surface area contributed by atoms with E-state index < -0.39 is 6.43 Å². The van der Waals surface area contributed by atoms with Gasteiger partial charge < -0.3 is 4.74 Å². The van der Waals surface area contributed by atoms with Gasteiger partial charge in [-0.25, -0.2) is 8.78 Å². The lowest BCUT2D eigenvalue weighted by Crippen LogP contribution is -2.25. The van der Waals surface area contributed by atoms with Crippen molar-refractivity contribution in [2.45, 2.75) is 25.7 Å². The molecule has 9 heavy (non-hydrogen) atoms. The van der Waals surface area contributed by atoms with E-state index >= 15 is 0 Å². The van der Waals surface area contributed by atoms with Crippen molar-refractivity contribution in [1.82, 2.24) is 5.32 Å². The van der Waals surface area contributed by atoms with Crippen LogP contribution in [0.4, 0.5) is 8.78 Å². The molecule has 0 radical (unpaired) electrons. The average Bonchev–Trinajstić information content (AvgIpc) is 2.42. The Hall–Kier alpha value is -0.220. The summed E-state index contributed by atoms with van der Waals surface area (Å²) >= 11 is 0. The number of alkyl halides is 2. The maximum Gasteiger partial charge on any atom is 0.250 e. The Balaban J connectivity index is 1.94. The second-order valence-corrected chi connectivity index (χ2v) is 2.06. The van der Waals surface area contributed by atoms with Gasteiger partial charge in [-0.2, -0.15) is 0 Å². The Morgan fingerprint density at radius 3 is 2.56 bits per heavy atom. The van der Waals surface area contributed by atoms with Crippen LogP contribution in [0.3, 0.4) is 0 Å². The highest BCUT2D eigenvalue weighted by molar-refractivity contribution is 4.77. The predicted molar refractivity (Wildman–Crippen MR) is 28.3 cm³/mol. The molecule has 1 saturated heterocycles. The summed E-state index contributed by atoms with van der Waals surface area (Å²) in [6.07, 6.45) is -2.29. The molecule has 0 aliphatic carbocycles. The Morgan fingerprint density at radius 1 is 1.67 bits per heavy atom. The molecule has 0 amide bonds. The van der Waals surface area contributed by atoms with Crippen LogP contribution in [0, 0.1) is 0 Å². The summed E-state index contributed by atoms with van der Waals surface area (Å²) in [5.41, 5.74) is 0. The van der Waals surface area contributed by atoms with Crippen molar-refractivity contribution in [3.8, 4) is 0 Å². The van der Waals surface area contributed by atoms with Gasteiger partial charge in [-0.1, -0.05) is 0 Å². The normalized spacial score (nSPS) is 33.3. The molecule has 1 heterocycles. The summed E-state index contributed by atoms with van der Waals surface area (Å²) in [5, 5.41) is 2.53. The zero-order valence-electron chi connectivity index (χ0n) is 5.10. The highest BCUT2D eigenvalue weighted by Gasteiger charge is 2.33. The van der Waals surface area contributed by atoms with Gasteiger partial charge in [0.25, 0.3) is 6.43 Å². The van der Waals surface area contributed by atoms with Gasteiger partial charge in [-0.3, -0.25) is 5.32 Å². The Kier molecular flexibility index (Phi) is 1.97. The SMILES string of the molecule is CC1OC1NCC(F)F. The van der Waals surface area contributed by atoms with E-state index in [1.54, 1.807) is 0 Å². The molecule has 0 saturated carbocycles. The molecule has 0 aromatic rings. The van der Waals surface area contributed by atoms with Crippen LogP contribution in [0.1, 0.15) is 6.92 Å². The minimum Gasteiger partial charge on any atom is -0.354 e. The van der Waals surface area contributed by atoms with Crippen molar-refractivity contribution < 1.29 is 13.5 Å². The number of halogens is 2. The van der Waals surface area contributed by atoms with Gasteiger partial charge in [-0.15, -0.1) is 0 Å². The smallest absolute Gasteiger partial charge is 0.250 e. The molecule has 54 valence electrons. The average molecular weight is 137 g/mol. The van der Waals surface area contributed by atoms with Crippen LogP contribution in [0.2, 0.25) is 0 Å². The molecule has 1 aliphatic heterocycles. The maximum atomic E-state index is 11.4. The molecule has 4 heteroatoms. The first kappa shape index (κ1) is 6.89. The maximum absolute atomic E-state index is 11.4. The van der Waals surface area contributed by atoms with E-state index in [1.165, 1.54) is 0 Å². The van der Waals surface area contributed by atoms with E-state index in [-0.39, 0.29) is 18.9 Å². The molecular weight excluding hydrogens is 128 g/mol. The second-order valence-electron chi connectivity index (χ2n) is 2.06. The van der Waals surface area contributed by atoms with Gasteiger partial charge in [0, 0.05) is 0 Å². The van der Waals surface area contributed by atoms with Crippen LogP contribution < -0.4 is 5.32 Å². The van der Waals surface area contributed by atoms with E-state index in [9.17, 15) is 8.78 Å². The summed E-state index contributed by atoms with van der Waals surface area (Å²) in [6, 6.07) is 0. The molecule has 2 unspecified atom stereocenters. The number of hydrogen-bond donors (Lipinski definition) is 1. The second kappa shape index (κ2) is 2.58. The number of epoxide rings is 1. The van der Waals surface area contributed by atoms with Crippen LogP contribution >= 0.6 is 0 Å². The fourth-order valence-corrected chi connectivity index (χ4v) is 0.605. The number of nitrogens with one attached hydrogen (secondary N) is 1. The third kappa shape index (κ3) is 2.24. The van der Waals surface area contributed by atoms with Gasteiger partial charge in [0.1, 0.15) is 6.23 Å². The molecule has 1 rings (SSSR count). The Bertz CT molecular complexity index is 99.0. The molecular formula is C5H9F2NO. The van der Waals surface area contributed by atoms with Crippen LogP contribution in [-0.4, -0.2) is 25.3 Å². The lowest BCUT2D eigenvalue weighted by molar-refractivity contribution is 0.140. The summed E-state index contributed by atoms with van der Waals surface area (Å²) in [7, 11) is 0. The van der Waals surface area contributed by atoms with E-state index in [1.807, 2.05) is 6.92 Å². The van der Waals surface area contributed by atoms with Crippen LogP contribution in [0.15, 0.2) is 0 Å². The van der Waals surface area contributed by atoms with Crippen molar-refractivity contribution in [2.24, 2.45) is 0 Å². The summed E-state index contributed by atoms with van der Waals surface area (Å²) in [6.45, 7) is 1.57. The minimum atomic E-state index is -2.28. The third-order valence-electron chi connectivity index (χ3n) is 1.18. The molecule has 0 aromatic heterocycles. The molecule has 0 spiro atoms.